The van der Waals surface area contributed by atoms with E-state index in [1.54, 1.807) is 94.5 Å². The number of aliphatic hydroxyl groups excluding tert-OH is 1. The summed E-state index contributed by atoms with van der Waals surface area (Å²) in [4.78, 5) is 129. The van der Waals surface area contributed by atoms with E-state index in [0.29, 0.717) is 25.4 Å². The van der Waals surface area contributed by atoms with Crippen molar-refractivity contribution in [3.05, 3.63) is 313 Å². The number of H-pyrrole nitrogens is 4. The fraction of sp³-hybridized carbons (Fsp3) is 0.194. The first-order valence-electron chi connectivity index (χ1n) is 27.6. The minimum absolute atomic E-state index is 0. The van der Waals surface area contributed by atoms with Crippen molar-refractivity contribution in [2.45, 2.75) is 55.4 Å². The molecule has 0 aliphatic rings. The number of aliphatic hydroxyl groups is 1. The zero-order valence-corrected chi connectivity index (χ0v) is 63.0. The Kier molecular flexibility index (Phi) is 43.1. The van der Waals surface area contributed by atoms with Crippen LogP contribution in [0, 0.1) is 51.8 Å². The third kappa shape index (κ3) is 29.7. The first-order chi connectivity index (χ1) is 45.9. The standard InChI is InChI=1S/C27H22N4O6.C20H19IN2O4.C7H4N2O2.C4H3ClN2O2.C4H3IN2O2.C2H6O.3CH4.HI.K/c1-36-23-11-5-19(6-12-23)17-29-22(10-9-21-4-3-15-28-26(21)31(34)35)16-25(32)30(27(29)33)18-20-7-13-24(37-2)14-8-20;1-26-16-7-3-14(4-8-16)12-22-18(21)11-19(24)23(20(22)25)13-15-5-9-17(27-2)10-6-15;1-2-6-4-3-5-8-7(6)9(10)11;2*5-2-1-3(8)7-4(9)6-2;1-2-3;;;;;/h3-8,11-16H,17-18H2,1-2H3;3-11H,12-13H2,1-2H3;1,3-5H;2*1H,(H2,6,7,8,9);3H,2H2,1H3;3*1H4;1H;/q;;;;;;;;;;+1/p-1. The van der Waals surface area contributed by atoms with Gasteiger partial charge >= 0.3 is 85.8 Å². The molecule has 528 valence electrons. The van der Waals surface area contributed by atoms with Crippen LogP contribution < -0.4 is 139 Å². The number of hydrogen-bond donors (Lipinski definition) is 5. The minimum atomic E-state index is -0.638. The monoisotopic (exact) mass is 1770 g/mol. The van der Waals surface area contributed by atoms with Gasteiger partial charge in [-0.1, -0.05) is 94.3 Å². The average molecular weight is 1770 g/mol. The first-order valence-corrected chi connectivity index (χ1v) is 30.1. The smallest absolute Gasteiger partial charge is 1.00 e. The van der Waals surface area contributed by atoms with Crippen molar-refractivity contribution in [3.63, 3.8) is 0 Å². The van der Waals surface area contributed by atoms with Crippen LogP contribution in [0.4, 0.5) is 11.6 Å². The van der Waals surface area contributed by atoms with Gasteiger partial charge in [0.2, 0.25) is 0 Å². The van der Waals surface area contributed by atoms with Gasteiger partial charge in [0.1, 0.15) is 57.4 Å². The van der Waals surface area contributed by atoms with E-state index in [9.17, 15) is 58.6 Å². The van der Waals surface area contributed by atoms with Crippen LogP contribution in [-0.2, 0) is 26.2 Å². The number of ether oxygens (including phenoxy) is 4. The number of hydrogen-bond acceptors (Lipinski definition) is 19. The Morgan fingerprint density at radius 2 is 0.871 bits per heavy atom. The number of pyridine rings is 2. The molecule has 0 aliphatic carbocycles. The topological polar surface area (TPSA) is 389 Å². The Bertz CT molecular complexity index is 4810. The molecule has 10 rings (SSSR count). The number of rotatable bonds is 14. The summed E-state index contributed by atoms with van der Waals surface area (Å²) in [6.07, 6.45) is 7.62. The number of nitro groups is 2. The maximum Gasteiger partial charge on any atom is 1.00 e. The van der Waals surface area contributed by atoms with Crippen molar-refractivity contribution in [2.75, 3.05) is 35.0 Å². The Morgan fingerprint density at radius 1 is 0.525 bits per heavy atom. The summed E-state index contributed by atoms with van der Waals surface area (Å²) in [5.74, 6) is 9.75. The number of halogens is 4. The predicted octanol–water partition coefficient (Wildman–Crippen LogP) is 1.83. The molecule has 5 N–H and O–H groups in total. The number of nitrogens with zero attached hydrogens (tertiary/aromatic N) is 8. The van der Waals surface area contributed by atoms with Crippen molar-refractivity contribution in [2.24, 2.45) is 0 Å². The van der Waals surface area contributed by atoms with Crippen LogP contribution >= 0.6 is 56.8 Å². The molecule has 0 unspecified atom stereocenters. The van der Waals surface area contributed by atoms with Crippen LogP contribution in [0.3, 0.4) is 0 Å². The fourth-order valence-corrected chi connectivity index (χ4v) is 9.21. The fourth-order valence-electron chi connectivity index (χ4n) is 7.85. The third-order valence-corrected chi connectivity index (χ3v) is 14.0. The molecule has 0 radical (unpaired) electrons. The average Bonchev–Trinajstić information content (AvgIpc) is 0.799. The molecule has 4 aromatic carbocycles. The predicted molar refractivity (Wildman–Crippen MR) is 393 cm³/mol. The molecule has 34 heteroatoms. The van der Waals surface area contributed by atoms with Crippen molar-refractivity contribution >= 4 is 68.4 Å². The molecule has 0 amide bonds. The van der Waals surface area contributed by atoms with Crippen LogP contribution in [0.15, 0.2) is 196 Å². The Labute approximate surface area is 669 Å². The first kappa shape index (κ1) is 92.1. The van der Waals surface area contributed by atoms with Crippen LogP contribution in [0.25, 0.3) is 0 Å². The van der Waals surface area contributed by atoms with E-state index in [0.717, 1.165) is 44.4 Å². The summed E-state index contributed by atoms with van der Waals surface area (Å²) in [7, 11) is 6.31. The molecule has 29 nitrogen and oxygen atoms in total. The molecular weight excluding hydrogens is 1700 g/mol. The molecule has 0 atom stereocenters. The van der Waals surface area contributed by atoms with Crippen molar-refractivity contribution in [3.8, 4) is 47.2 Å². The van der Waals surface area contributed by atoms with Gasteiger partial charge in [-0.25, -0.2) is 19.2 Å². The molecule has 0 fully saturated rings. The molecule has 6 aromatic heterocycles. The van der Waals surface area contributed by atoms with Gasteiger partial charge in [0, 0.05) is 30.9 Å². The van der Waals surface area contributed by atoms with Gasteiger partial charge in [-0.15, -0.1) is 6.42 Å². The number of aromatic amines is 4. The van der Waals surface area contributed by atoms with E-state index in [2.05, 4.69) is 37.7 Å². The molecule has 0 bridgehead atoms. The van der Waals surface area contributed by atoms with Crippen LogP contribution in [0.1, 0.15) is 68.3 Å². The number of methoxy groups -OCH3 is 4. The summed E-state index contributed by atoms with van der Waals surface area (Å²) in [6, 6.07) is 40.1. The molecule has 6 heterocycles. The Hall–Kier alpha value is -8.90. The van der Waals surface area contributed by atoms with Gasteiger partial charge in [-0.2, -0.15) is 0 Å². The van der Waals surface area contributed by atoms with E-state index in [-0.39, 0.29) is 168 Å². The zero-order valence-electron chi connectivity index (χ0n) is 52.7. The number of aromatic nitrogens is 10. The number of benzene rings is 4. The molecule has 0 spiro atoms. The number of nitrogens with one attached hydrogen (secondary N) is 4. The Balaban J connectivity index is 0.00000136. The van der Waals surface area contributed by atoms with Gasteiger partial charge in [0.25, 0.3) is 22.2 Å². The van der Waals surface area contributed by atoms with Gasteiger partial charge in [0.05, 0.1) is 62.0 Å². The molecule has 0 saturated carbocycles. The van der Waals surface area contributed by atoms with E-state index in [1.165, 1.54) is 57.9 Å². The van der Waals surface area contributed by atoms with Crippen molar-refractivity contribution in [1.29, 1.82) is 0 Å². The van der Waals surface area contributed by atoms with E-state index < -0.39 is 43.9 Å². The normalized spacial score (nSPS) is 9.43. The quantitative estimate of drug-likeness (QED) is 0.0259. The second kappa shape index (κ2) is 47.3. The summed E-state index contributed by atoms with van der Waals surface area (Å²) >= 11 is 9.15. The van der Waals surface area contributed by atoms with Crippen molar-refractivity contribution in [1.82, 2.24) is 48.2 Å². The maximum absolute atomic E-state index is 13.5. The second-order valence-electron chi connectivity index (χ2n) is 18.8. The van der Waals surface area contributed by atoms with Gasteiger partial charge in [-0.3, -0.25) is 52.4 Å². The summed E-state index contributed by atoms with van der Waals surface area (Å²) in [6.45, 7) is 2.68. The summed E-state index contributed by atoms with van der Waals surface area (Å²) in [5.41, 5.74) is 0.0224. The van der Waals surface area contributed by atoms with E-state index in [4.69, 9.17) is 42.1 Å². The van der Waals surface area contributed by atoms with Gasteiger partial charge in [-0.05, 0) is 173 Å². The zero-order chi connectivity index (χ0) is 70.4. The third-order valence-electron chi connectivity index (χ3n) is 12.4. The molecule has 10 aromatic rings. The maximum atomic E-state index is 13.5. The number of terminal acetylenes is 1. The summed E-state index contributed by atoms with van der Waals surface area (Å²) in [5, 5.41) is 29.2. The molecule has 0 saturated heterocycles. The van der Waals surface area contributed by atoms with Gasteiger partial charge < -0.3 is 73.2 Å². The summed E-state index contributed by atoms with van der Waals surface area (Å²) < 4.78 is 27.1. The van der Waals surface area contributed by atoms with E-state index >= 15 is 0 Å². The SMILES string of the molecule is C.C.C.C#Cc1cccnc1[N+](=O)[O-].CCO.COc1ccc(Cn2c(C#Cc3cccnc3[N+](=O)[O-])cc(=O)n(Cc3ccc(OC)cc3)c2=O)cc1.COc1ccc(Cn2c(I)cc(=O)n(Cc3ccc(OC)cc3)c2=O)cc1.O=c1cc(Cl)[nH]c(=O)[nH]1.O=c1cc(I)[nH]c(=O)[nH]1.[I-].[K+]. The largest absolute Gasteiger partial charge is 1.00 e. The minimum Gasteiger partial charge on any atom is -1.00 e. The van der Waals surface area contributed by atoms with Crippen molar-refractivity contribution < 1.29 is 109 Å². The van der Waals surface area contributed by atoms with E-state index in [1.807, 2.05) is 104 Å². The van der Waals surface area contributed by atoms with Crippen LogP contribution in [-0.4, -0.2) is 98.2 Å². The molecule has 0 aliphatic heterocycles. The second-order valence-corrected chi connectivity index (χ2v) is 21.5. The Morgan fingerprint density at radius 3 is 1.22 bits per heavy atom. The van der Waals surface area contributed by atoms with Crippen LogP contribution in [0.5, 0.6) is 23.0 Å². The van der Waals surface area contributed by atoms with Gasteiger partial charge in [0.15, 0.2) is 0 Å². The molecular formula is C67H69ClI3KN12O17. The van der Waals surface area contributed by atoms with Crippen LogP contribution in [0.2, 0.25) is 5.15 Å². The molecule has 101 heavy (non-hydrogen) atoms.